The van der Waals surface area contributed by atoms with Crippen LogP contribution < -0.4 is 14.4 Å². The Morgan fingerprint density at radius 1 is 0.826 bits per heavy atom. The summed E-state index contributed by atoms with van der Waals surface area (Å²) in [6, 6.07) is 29.3. The van der Waals surface area contributed by atoms with E-state index in [1.54, 1.807) is 43.3 Å². The van der Waals surface area contributed by atoms with Crippen molar-refractivity contribution in [1.29, 1.82) is 0 Å². The molecule has 8 nitrogen and oxygen atoms in total. The lowest BCUT2D eigenvalue weighted by molar-refractivity contribution is -0.139. The summed E-state index contributed by atoms with van der Waals surface area (Å²) in [5, 5.41) is 3.11. The summed E-state index contributed by atoms with van der Waals surface area (Å²) in [6.07, 6.45) is 3.95. The third-order valence-corrected chi connectivity index (χ3v) is 10.3. The summed E-state index contributed by atoms with van der Waals surface area (Å²) in [5.41, 5.74) is 3.07. The maximum Gasteiger partial charge on any atom is 0.264 e. The molecule has 4 aromatic carbocycles. The number of sulfonamides is 1. The number of nitrogens with zero attached hydrogens (tertiary/aromatic N) is 2. The van der Waals surface area contributed by atoms with E-state index in [1.165, 1.54) is 17.0 Å². The van der Waals surface area contributed by atoms with Crippen molar-refractivity contribution in [3.8, 4) is 11.5 Å². The molecule has 4 aromatic rings. The van der Waals surface area contributed by atoms with Gasteiger partial charge in [0, 0.05) is 12.6 Å². The number of anilines is 1. The van der Waals surface area contributed by atoms with Crippen LogP contribution in [-0.4, -0.2) is 43.8 Å². The third kappa shape index (κ3) is 7.95. The van der Waals surface area contributed by atoms with Gasteiger partial charge in [0.15, 0.2) is 0 Å². The van der Waals surface area contributed by atoms with Gasteiger partial charge in [-0.15, -0.1) is 0 Å². The quantitative estimate of drug-likeness (QED) is 0.185. The first-order valence-electron chi connectivity index (χ1n) is 15.7. The predicted molar refractivity (Wildman–Crippen MR) is 180 cm³/mol. The molecule has 2 amide bonds. The van der Waals surface area contributed by atoms with Gasteiger partial charge in [-0.1, -0.05) is 73.0 Å². The average molecular weight is 640 g/mol. The van der Waals surface area contributed by atoms with Gasteiger partial charge in [-0.05, 0) is 93.3 Å². The molecular formula is C37H41N3O5S. The van der Waals surface area contributed by atoms with Gasteiger partial charge in [0.1, 0.15) is 24.1 Å². The van der Waals surface area contributed by atoms with E-state index in [0.717, 1.165) is 46.7 Å². The van der Waals surface area contributed by atoms with E-state index in [-0.39, 0.29) is 23.4 Å². The van der Waals surface area contributed by atoms with Gasteiger partial charge in [0.05, 0.1) is 10.6 Å². The van der Waals surface area contributed by atoms with Gasteiger partial charge < -0.3 is 15.0 Å². The molecule has 0 heterocycles. The highest BCUT2D eigenvalue weighted by Crippen LogP contribution is 2.29. The van der Waals surface area contributed by atoms with Gasteiger partial charge in [-0.2, -0.15) is 0 Å². The number of carbonyl (C=O) groups is 2. The van der Waals surface area contributed by atoms with Crippen molar-refractivity contribution < 1.29 is 22.7 Å². The average Bonchev–Trinajstić information content (AvgIpc) is 3.57. The van der Waals surface area contributed by atoms with Crippen LogP contribution in [0.5, 0.6) is 11.5 Å². The van der Waals surface area contributed by atoms with Crippen LogP contribution in [0, 0.1) is 13.8 Å². The van der Waals surface area contributed by atoms with E-state index in [0.29, 0.717) is 17.2 Å². The molecule has 0 spiro atoms. The fourth-order valence-corrected chi connectivity index (χ4v) is 7.03. The molecule has 1 N–H and O–H groups in total. The minimum atomic E-state index is -4.17. The molecule has 0 aliphatic heterocycles. The number of para-hydroxylation sites is 1. The van der Waals surface area contributed by atoms with E-state index >= 15 is 0 Å². The van der Waals surface area contributed by atoms with Crippen molar-refractivity contribution >= 4 is 27.5 Å². The number of benzene rings is 4. The fraction of sp³-hybridized carbons (Fsp3) is 0.297. The Hall–Kier alpha value is -4.63. The van der Waals surface area contributed by atoms with Crippen LogP contribution in [0.1, 0.15) is 49.3 Å². The second kappa shape index (κ2) is 14.6. The Balaban J connectivity index is 1.47. The number of carbonyl (C=O) groups excluding carboxylic acids is 2. The minimum Gasteiger partial charge on any atom is -0.457 e. The van der Waals surface area contributed by atoms with Gasteiger partial charge in [-0.3, -0.25) is 13.9 Å². The summed E-state index contributed by atoms with van der Waals surface area (Å²) in [7, 11) is -4.17. The van der Waals surface area contributed by atoms with Crippen molar-refractivity contribution in [1.82, 2.24) is 10.2 Å². The van der Waals surface area contributed by atoms with Gasteiger partial charge >= 0.3 is 0 Å². The van der Waals surface area contributed by atoms with Crippen molar-refractivity contribution in [2.45, 2.75) is 70.0 Å². The normalized spacial score (nSPS) is 14.0. The predicted octanol–water partition coefficient (Wildman–Crippen LogP) is 6.77. The van der Waals surface area contributed by atoms with Crippen LogP contribution in [0.15, 0.2) is 108 Å². The molecule has 240 valence electrons. The van der Waals surface area contributed by atoms with E-state index < -0.39 is 28.5 Å². The number of aryl methyl sites for hydroxylation is 2. The summed E-state index contributed by atoms with van der Waals surface area (Å²) >= 11 is 0. The third-order valence-electron chi connectivity index (χ3n) is 8.46. The van der Waals surface area contributed by atoms with E-state index in [2.05, 4.69) is 5.32 Å². The number of nitrogens with one attached hydrogen (secondary N) is 1. The Morgan fingerprint density at radius 3 is 2.09 bits per heavy atom. The van der Waals surface area contributed by atoms with Crippen LogP contribution >= 0.6 is 0 Å². The second-order valence-electron chi connectivity index (χ2n) is 11.8. The van der Waals surface area contributed by atoms with Gasteiger partial charge in [-0.25, -0.2) is 8.42 Å². The zero-order valence-corrected chi connectivity index (χ0v) is 27.4. The number of ether oxygens (including phenoxy) is 1. The lowest BCUT2D eigenvalue weighted by Gasteiger charge is -2.33. The number of hydrogen-bond donors (Lipinski definition) is 1. The van der Waals surface area contributed by atoms with E-state index in [1.807, 2.05) is 68.4 Å². The number of hydrogen-bond acceptors (Lipinski definition) is 5. The van der Waals surface area contributed by atoms with Crippen molar-refractivity contribution in [3.05, 3.63) is 120 Å². The maximum absolute atomic E-state index is 14.3. The highest BCUT2D eigenvalue weighted by atomic mass is 32.2. The lowest BCUT2D eigenvalue weighted by atomic mass is 10.1. The molecule has 0 aromatic heterocycles. The van der Waals surface area contributed by atoms with Crippen molar-refractivity contribution in [2.75, 3.05) is 10.8 Å². The molecule has 9 heteroatoms. The van der Waals surface area contributed by atoms with Crippen molar-refractivity contribution in [2.24, 2.45) is 0 Å². The van der Waals surface area contributed by atoms with Crippen LogP contribution in [0.2, 0.25) is 0 Å². The van der Waals surface area contributed by atoms with Crippen LogP contribution in [0.3, 0.4) is 0 Å². The fourth-order valence-electron chi connectivity index (χ4n) is 5.62. The summed E-state index contributed by atoms with van der Waals surface area (Å²) in [6.45, 7) is 5.20. The topological polar surface area (TPSA) is 96.0 Å². The van der Waals surface area contributed by atoms with Gasteiger partial charge in [0.25, 0.3) is 10.0 Å². The first-order valence-corrected chi connectivity index (χ1v) is 17.1. The molecule has 0 saturated heterocycles. The maximum atomic E-state index is 14.3. The van der Waals surface area contributed by atoms with Gasteiger partial charge in [0.2, 0.25) is 11.8 Å². The molecule has 1 aliphatic rings. The summed E-state index contributed by atoms with van der Waals surface area (Å²) in [4.78, 5) is 29.3. The monoisotopic (exact) mass is 639 g/mol. The molecule has 1 fully saturated rings. The molecule has 0 unspecified atom stereocenters. The van der Waals surface area contributed by atoms with Crippen LogP contribution in [-0.2, 0) is 26.2 Å². The summed E-state index contributed by atoms with van der Waals surface area (Å²) < 4.78 is 35.4. The zero-order valence-electron chi connectivity index (χ0n) is 26.6. The van der Waals surface area contributed by atoms with E-state index in [9.17, 15) is 18.0 Å². The van der Waals surface area contributed by atoms with Crippen molar-refractivity contribution in [3.63, 3.8) is 0 Å². The Morgan fingerprint density at radius 2 is 1.43 bits per heavy atom. The SMILES string of the molecule is Cc1ccc(S(=O)(=O)N(CC(=O)N(Cc2ccccc2C)[C@H](C)C(=O)NC2CCCC2)c2ccc(Oc3ccccc3)cc2)cc1. The highest BCUT2D eigenvalue weighted by Gasteiger charge is 2.33. The molecule has 1 atom stereocenters. The Bertz CT molecular complexity index is 1740. The molecule has 1 aliphatic carbocycles. The van der Waals surface area contributed by atoms with Crippen LogP contribution in [0.25, 0.3) is 0 Å². The number of rotatable bonds is 12. The lowest BCUT2D eigenvalue weighted by Crippen LogP contribution is -2.52. The Labute approximate surface area is 272 Å². The number of amides is 2. The smallest absolute Gasteiger partial charge is 0.264 e. The molecule has 0 bridgehead atoms. The molecule has 5 rings (SSSR count). The molecule has 46 heavy (non-hydrogen) atoms. The molecule has 1 saturated carbocycles. The first kappa shape index (κ1) is 32.8. The minimum absolute atomic E-state index is 0.0630. The highest BCUT2D eigenvalue weighted by molar-refractivity contribution is 7.92. The Kier molecular flexibility index (Phi) is 10.4. The summed E-state index contributed by atoms with van der Waals surface area (Å²) in [5.74, 6) is 0.431. The largest absolute Gasteiger partial charge is 0.457 e. The molecule has 0 radical (unpaired) electrons. The molecular weight excluding hydrogens is 598 g/mol. The zero-order chi connectivity index (χ0) is 32.7. The van der Waals surface area contributed by atoms with Crippen LogP contribution in [0.4, 0.5) is 5.69 Å². The second-order valence-corrected chi connectivity index (χ2v) is 13.7. The first-order chi connectivity index (χ1) is 22.1. The standard InChI is InChI=1S/C37H41N3O5S/c1-27-17-23-35(24-18-27)46(43,44)40(32-19-21-34(22-20-32)45-33-15-5-4-6-16-33)26-36(41)39(25-30-12-8-7-11-28(30)2)29(3)37(42)38-31-13-9-10-14-31/h4-8,11-12,15-24,29,31H,9-10,13-14,25-26H2,1-3H3,(H,38,42)/t29-/m1/s1. The van der Waals surface area contributed by atoms with E-state index in [4.69, 9.17) is 4.74 Å².